The van der Waals surface area contributed by atoms with Gasteiger partial charge >= 0.3 is 6.09 Å². The van der Waals surface area contributed by atoms with E-state index >= 15 is 0 Å². The first kappa shape index (κ1) is 12.6. The predicted molar refractivity (Wildman–Crippen MR) is 63.9 cm³/mol. The van der Waals surface area contributed by atoms with Crippen molar-refractivity contribution in [3.63, 3.8) is 0 Å². The van der Waals surface area contributed by atoms with E-state index in [0.29, 0.717) is 6.54 Å². The molecule has 2 aliphatic rings. The van der Waals surface area contributed by atoms with Gasteiger partial charge in [-0.15, -0.1) is 0 Å². The summed E-state index contributed by atoms with van der Waals surface area (Å²) in [4.78, 5) is 11.5. The Morgan fingerprint density at radius 2 is 2.24 bits per heavy atom. The molecular formula is C12H22N2O3. The first-order valence-corrected chi connectivity index (χ1v) is 6.24. The highest BCUT2D eigenvalue weighted by molar-refractivity contribution is 5.67. The molecule has 2 heterocycles. The van der Waals surface area contributed by atoms with E-state index in [4.69, 9.17) is 9.47 Å². The number of carbonyl (C=O) groups is 1. The van der Waals surface area contributed by atoms with Gasteiger partial charge in [0.05, 0.1) is 11.7 Å². The molecule has 1 unspecified atom stereocenters. The van der Waals surface area contributed by atoms with Gasteiger partial charge in [-0.3, -0.25) is 0 Å². The van der Waals surface area contributed by atoms with Crippen molar-refractivity contribution >= 4 is 6.09 Å². The molecule has 17 heavy (non-hydrogen) atoms. The maximum atomic E-state index is 11.5. The Morgan fingerprint density at radius 1 is 1.53 bits per heavy atom. The lowest BCUT2D eigenvalue weighted by atomic mass is 9.93. The predicted octanol–water partition coefficient (Wildman–Crippen LogP) is 1.03. The molecule has 0 aromatic heterocycles. The van der Waals surface area contributed by atoms with Gasteiger partial charge in [0, 0.05) is 19.6 Å². The molecule has 2 rings (SSSR count). The van der Waals surface area contributed by atoms with Crippen LogP contribution in [0.25, 0.3) is 0 Å². The zero-order valence-electron chi connectivity index (χ0n) is 10.8. The van der Waals surface area contributed by atoms with Crippen molar-refractivity contribution < 1.29 is 14.3 Å². The largest absolute Gasteiger partial charge is 0.444 e. The lowest BCUT2D eigenvalue weighted by Crippen LogP contribution is -2.59. The Bertz CT molecular complexity index is 295. The zero-order chi connectivity index (χ0) is 12.5. The van der Waals surface area contributed by atoms with Crippen LogP contribution >= 0.6 is 0 Å². The summed E-state index contributed by atoms with van der Waals surface area (Å²) in [5, 5.41) is 5.98. The minimum Gasteiger partial charge on any atom is -0.444 e. The molecule has 2 aliphatic heterocycles. The maximum absolute atomic E-state index is 11.5. The summed E-state index contributed by atoms with van der Waals surface area (Å²) in [6.07, 6.45) is 1.86. The van der Waals surface area contributed by atoms with Crippen LogP contribution in [0.3, 0.4) is 0 Å². The maximum Gasteiger partial charge on any atom is 0.407 e. The number of hydrogen-bond acceptors (Lipinski definition) is 4. The number of hydrogen-bond donors (Lipinski definition) is 2. The van der Waals surface area contributed by atoms with Crippen molar-refractivity contribution in [2.45, 2.75) is 50.9 Å². The van der Waals surface area contributed by atoms with E-state index in [1.165, 1.54) is 0 Å². The summed E-state index contributed by atoms with van der Waals surface area (Å²) < 4.78 is 11.1. The van der Waals surface area contributed by atoms with Gasteiger partial charge in [-0.25, -0.2) is 4.79 Å². The Balaban J connectivity index is 1.67. The molecule has 1 atom stereocenters. The first-order valence-electron chi connectivity index (χ1n) is 6.24. The topological polar surface area (TPSA) is 59.6 Å². The molecule has 1 spiro atoms. The smallest absolute Gasteiger partial charge is 0.407 e. The Hall–Kier alpha value is -0.810. The number of nitrogens with one attached hydrogen (secondary N) is 2. The number of ether oxygens (including phenoxy) is 2. The summed E-state index contributed by atoms with van der Waals surface area (Å²) in [5.74, 6) is 0. The summed E-state index contributed by atoms with van der Waals surface area (Å²) >= 11 is 0. The van der Waals surface area contributed by atoms with E-state index in [9.17, 15) is 4.79 Å². The lowest BCUT2D eigenvalue weighted by molar-refractivity contribution is -0.0722. The van der Waals surface area contributed by atoms with Gasteiger partial charge in [0.15, 0.2) is 0 Å². The van der Waals surface area contributed by atoms with Crippen LogP contribution in [0.2, 0.25) is 0 Å². The average Bonchev–Trinajstić information content (AvgIpc) is 2.55. The molecule has 0 aromatic carbocycles. The van der Waals surface area contributed by atoms with Gasteiger partial charge in [-0.2, -0.15) is 0 Å². The molecule has 1 amide bonds. The Kier molecular flexibility index (Phi) is 3.32. The number of amides is 1. The van der Waals surface area contributed by atoms with Crippen molar-refractivity contribution in [3.05, 3.63) is 0 Å². The molecule has 2 N–H and O–H groups in total. The molecule has 5 nitrogen and oxygen atoms in total. The summed E-state index contributed by atoms with van der Waals surface area (Å²) in [6, 6.07) is 0. The highest BCUT2D eigenvalue weighted by Gasteiger charge is 2.44. The van der Waals surface area contributed by atoms with Gasteiger partial charge < -0.3 is 20.1 Å². The molecule has 2 saturated heterocycles. The van der Waals surface area contributed by atoms with E-state index in [1.807, 2.05) is 20.8 Å². The van der Waals surface area contributed by atoms with E-state index < -0.39 is 5.60 Å². The van der Waals surface area contributed by atoms with Crippen LogP contribution in [0.4, 0.5) is 4.79 Å². The quantitative estimate of drug-likeness (QED) is 0.759. The highest BCUT2D eigenvalue weighted by atomic mass is 16.6. The molecule has 2 fully saturated rings. The van der Waals surface area contributed by atoms with Crippen molar-refractivity contribution in [1.29, 1.82) is 0 Å². The van der Waals surface area contributed by atoms with Crippen LogP contribution in [-0.4, -0.2) is 43.0 Å². The molecule has 0 aromatic rings. The van der Waals surface area contributed by atoms with Crippen LogP contribution in [0.5, 0.6) is 0 Å². The van der Waals surface area contributed by atoms with Crippen molar-refractivity contribution in [3.8, 4) is 0 Å². The number of alkyl carbamates (subject to hydrolysis) is 1. The van der Waals surface area contributed by atoms with Crippen LogP contribution in [0.1, 0.15) is 33.6 Å². The van der Waals surface area contributed by atoms with E-state index in [2.05, 4.69) is 10.6 Å². The normalized spacial score (nSPS) is 26.6. The Labute approximate surface area is 102 Å². The fourth-order valence-corrected chi connectivity index (χ4v) is 2.21. The lowest BCUT2D eigenvalue weighted by Gasteiger charge is -2.38. The standard InChI is InChI=1S/C12H22N2O3/c1-11(2,3)17-10(15)14-6-9-4-5-12(16-9)7-13-8-12/h9,13H,4-8H2,1-3H3,(H,14,15). The Morgan fingerprint density at radius 3 is 2.71 bits per heavy atom. The fraction of sp³-hybridized carbons (Fsp3) is 0.917. The first-order chi connectivity index (χ1) is 7.89. The fourth-order valence-electron chi connectivity index (χ4n) is 2.21. The molecule has 98 valence electrons. The summed E-state index contributed by atoms with van der Waals surface area (Å²) in [5.41, 5.74) is -0.389. The van der Waals surface area contributed by atoms with Gasteiger partial charge in [0.25, 0.3) is 0 Å². The summed E-state index contributed by atoms with van der Waals surface area (Å²) in [7, 11) is 0. The minimum absolute atomic E-state index is 0.0558. The molecule has 0 bridgehead atoms. The average molecular weight is 242 g/mol. The molecule has 0 radical (unpaired) electrons. The van der Waals surface area contributed by atoms with Crippen LogP contribution < -0.4 is 10.6 Å². The third kappa shape index (κ3) is 3.33. The van der Waals surface area contributed by atoms with Crippen LogP contribution in [-0.2, 0) is 9.47 Å². The zero-order valence-corrected chi connectivity index (χ0v) is 10.8. The molecule has 5 heteroatoms. The van der Waals surface area contributed by atoms with Gasteiger partial charge in [0.1, 0.15) is 5.60 Å². The van der Waals surface area contributed by atoms with Crippen molar-refractivity contribution in [2.24, 2.45) is 0 Å². The highest BCUT2D eigenvalue weighted by Crippen LogP contribution is 2.33. The van der Waals surface area contributed by atoms with Crippen LogP contribution in [0, 0.1) is 0 Å². The van der Waals surface area contributed by atoms with Crippen molar-refractivity contribution in [2.75, 3.05) is 19.6 Å². The van der Waals surface area contributed by atoms with Gasteiger partial charge in [-0.1, -0.05) is 0 Å². The van der Waals surface area contributed by atoms with Gasteiger partial charge in [-0.05, 0) is 33.6 Å². The summed E-state index contributed by atoms with van der Waals surface area (Å²) in [6.45, 7) is 7.98. The third-order valence-corrected chi connectivity index (χ3v) is 3.11. The second-order valence-corrected chi connectivity index (χ2v) is 5.95. The van der Waals surface area contributed by atoms with E-state index in [1.54, 1.807) is 0 Å². The number of rotatable bonds is 2. The molecule has 0 saturated carbocycles. The number of carbonyl (C=O) groups excluding carboxylic acids is 1. The van der Waals surface area contributed by atoms with Gasteiger partial charge in [0.2, 0.25) is 0 Å². The van der Waals surface area contributed by atoms with Crippen LogP contribution in [0.15, 0.2) is 0 Å². The SMILES string of the molecule is CC(C)(C)OC(=O)NCC1CCC2(CNC2)O1. The monoisotopic (exact) mass is 242 g/mol. The molecule has 0 aliphatic carbocycles. The van der Waals surface area contributed by atoms with E-state index in [0.717, 1.165) is 25.9 Å². The van der Waals surface area contributed by atoms with Crippen molar-refractivity contribution in [1.82, 2.24) is 10.6 Å². The molecular weight excluding hydrogens is 220 g/mol. The van der Waals surface area contributed by atoms with E-state index in [-0.39, 0.29) is 17.8 Å². The second kappa shape index (κ2) is 4.46. The minimum atomic E-state index is -0.445. The second-order valence-electron chi connectivity index (χ2n) is 5.95. The third-order valence-electron chi connectivity index (χ3n) is 3.11.